The zero-order valence-electron chi connectivity index (χ0n) is 8.39. The Kier molecular flexibility index (Phi) is 3.37. The SMILES string of the molecule is O=C(F)c1ccc(Sc2ccccc2)cc1. The van der Waals surface area contributed by atoms with Gasteiger partial charge in [-0.2, -0.15) is 4.39 Å². The van der Waals surface area contributed by atoms with Gasteiger partial charge in [-0.1, -0.05) is 30.0 Å². The van der Waals surface area contributed by atoms with Gasteiger partial charge in [0.1, 0.15) is 0 Å². The van der Waals surface area contributed by atoms with Gasteiger partial charge < -0.3 is 0 Å². The van der Waals surface area contributed by atoms with Gasteiger partial charge >= 0.3 is 6.04 Å². The van der Waals surface area contributed by atoms with Crippen LogP contribution in [-0.2, 0) is 0 Å². The summed E-state index contributed by atoms with van der Waals surface area (Å²) in [6.07, 6.45) is 0. The van der Waals surface area contributed by atoms with Crippen molar-refractivity contribution < 1.29 is 9.18 Å². The summed E-state index contributed by atoms with van der Waals surface area (Å²) in [5, 5.41) is 0. The van der Waals surface area contributed by atoms with Crippen LogP contribution < -0.4 is 0 Å². The highest BCUT2D eigenvalue weighted by atomic mass is 32.2. The maximum absolute atomic E-state index is 12.3. The quantitative estimate of drug-likeness (QED) is 0.745. The van der Waals surface area contributed by atoms with Crippen molar-refractivity contribution in [2.75, 3.05) is 0 Å². The van der Waals surface area contributed by atoms with E-state index in [9.17, 15) is 9.18 Å². The fraction of sp³-hybridized carbons (Fsp3) is 0. The van der Waals surface area contributed by atoms with E-state index in [2.05, 4.69) is 0 Å². The molecule has 80 valence electrons. The third-order valence-corrected chi connectivity index (χ3v) is 3.08. The number of carbonyl (C=O) groups excluding carboxylic acids is 1. The highest BCUT2D eigenvalue weighted by Crippen LogP contribution is 2.27. The Hall–Kier alpha value is -1.61. The molecule has 0 amide bonds. The molecule has 0 saturated heterocycles. The van der Waals surface area contributed by atoms with Gasteiger partial charge in [-0.05, 0) is 36.4 Å². The van der Waals surface area contributed by atoms with Crippen LogP contribution in [0.3, 0.4) is 0 Å². The first-order valence-electron chi connectivity index (χ1n) is 4.78. The summed E-state index contributed by atoms with van der Waals surface area (Å²) in [7, 11) is 0. The van der Waals surface area contributed by atoms with Crippen LogP contribution in [-0.4, -0.2) is 6.04 Å². The van der Waals surface area contributed by atoms with Gasteiger partial charge in [0, 0.05) is 9.79 Å². The van der Waals surface area contributed by atoms with Crippen molar-refractivity contribution in [3.05, 3.63) is 60.2 Å². The summed E-state index contributed by atoms with van der Waals surface area (Å²) in [5.41, 5.74) is 0.0948. The van der Waals surface area contributed by atoms with E-state index in [1.54, 1.807) is 23.9 Å². The molecule has 0 spiro atoms. The summed E-state index contributed by atoms with van der Waals surface area (Å²) >= 11 is 1.57. The molecule has 2 aromatic rings. The fourth-order valence-electron chi connectivity index (χ4n) is 1.28. The van der Waals surface area contributed by atoms with Gasteiger partial charge in [0.05, 0.1) is 5.56 Å². The predicted octanol–water partition coefficient (Wildman–Crippen LogP) is 3.95. The minimum Gasteiger partial charge on any atom is -0.255 e. The fourth-order valence-corrected chi connectivity index (χ4v) is 2.12. The van der Waals surface area contributed by atoms with E-state index in [1.165, 1.54) is 12.1 Å². The van der Waals surface area contributed by atoms with Gasteiger partial charge in [0.25, 0.3) is 0 Å². The first kappa shape index (κ1) is 10.9. The van der Waals surface area contributed by atoms with Gasteiger partial charge in [-0.15, -0.1) is 0 Å². The second kappa shape index (κ2) is 4.94. The average molecular weight is 232 g/mol. The van der Waals surface area contributed by atoms with Gasteiger partial charge in [-0.25, -0.2) is 0 Å². The van der Waals surface area contributed by atoms with E-state index in [-0.39, 0.29) is 5.56 Å². The number of benzene rings is 2. The Morgan fingerprint density at radius 1 is 0.875 bits per heavy atom. The molecule has 0 aromatic heterocycles. The molecule has 2 aromatic carbocycles. The lowest BCUT2D eigenvalue weighted by Crippen LogP contribution is -1.88. The molecule has 1 nitrogen and oxygen atoms in total. The molecule has 0 aliphatic carbocycles. The second-order valence-electron chi connectivity index (χ2n) is 3.21. The third kappa shape index (κ3) is 2.70. The molecule has 16 heavy (non-hydrogen) atoms. The van der Waals surface area contributed by atoms with Crippen molar-refractivity contribution in [2.45, 2.75) is 9.79 Å². The van der Waals surface area contributed by atoms with E-state index in [4.69, 9.17) is 0 Å². The monoisotopic (exact) mass is 232 g/mol. The highest BCUT2D eigenvalue weighted by molar-refractivity contribution is 7.99. The number of hydrogen-bond acceptors (Lipinski definition) is 2. The Balaban J connectivity index is 2.14. The van der Waals surface area contributed by atoms with Crippen molar-refractivity contribution >= 4 is 17.8 Å². The van der Waals surface area contributed by atoms with Crippen LogP contribution in [0.25, 0.3) is 0 Å². The van der Waals surface area contributed by atoms with Crippen molar-refractivity contribution in [2.24, 2.45) is 0 Å². The number of hydrogen-bond donors (Lipinski definition) is 0. The summed E-state index contributed by atoms with van der Waals surface area (Å²) in [6.45, 7) is 0. The molecule has 0 N–H and O–H groups in total. The van der Waals surface area contributed by atoms with Crippen molar-refractivity contribution in [1.29, 1.82) is 0 Å². The molecular weight excluding hydrogens is 223 g/mol. The standard InChI is InChI=1S/C13H9FOS/c14-13(15)10-6-8-12(9-7-10)16-11-4-2-1-3-5-11/h1-9H. The highest BCUT2D eigenvalue weighted by Gasteiger charge is 2.03. The molecule has 0 radical (unpaired) electrons. The van der Waals surface area contributed by atoms with Crippen LogP contribution in [0.5, 0.6) is 0 Å². The molecular formula is C13H9FOS. The Morgan fingerprint density at radius 2 is 1.44 bits per heavy atom. The topological polar surface area (TPSA) is 17.1 Å². The van der Waals surface area contributed by atoms with E-state index in [0.29, 0.717) is 0 Å². The molecule has 0 heterocycles. The molecule has 3 heteroatoms. The lowest BCUT2D eigenvalue weighted by Gasteiger charge is -2.01. The average Bonchev–Trinajstić information content (AvgIpc) is 2.31. The van der Waals surface area contributed by atoms with Gasteiger partial charge in [0.2, 0.25) is 0 Å². The van der Waals surface area contributed by atoms with Crippen LogP contribution in [0.2, 0.25) is 0 Å². The molecule has 0 unspecified atom stereocenters. The Morgan fingerprint density at radius 3 is 2.00 bits per heavy atom. The van der Waals surface area contributed by atoms with Crippen LogP contribution in [0.4, 0.5) is 4.39 Å². The maximum Gasteiger partial charge on any atom is 0.332 e. The molecule has 0 aliphatic rings. The van der Waals surface area contributed by atoms with E-state index >= 15 is 0 Å². The lowest BCUT2D eigenvalue weighted by molar-refractivity contribution is 0.0836. The number of rotatable bonds is 3. The summed E-state index contributed by atoms with van der Waals surface area (Å²) in [4.78, 5) is 12.5. The van der Waals surface area contributed by atoms with Crippen LogP contribution >= 0.6 is 11.8 Å². The Bertz CT molecular complexity index is 479. The molecule has 0 atom stereocenters. The third-order valence-electron chi connectivity index (χ3n) is 2.06. The van der Waals surface area contributed by atoms with Crippen molar-refractivity contribution in [1.82, 2.24) is 0 Å². The van der Waals surface area contributed by atoms with Crippen molar-refractivity contribution in [3.63, 3.8) is 0 Å². The molecule has 0 fully saturated rings. The molecule has 0 aliphatic heterocycles. The zero-order chi connectivity index (χ0) is 11.4. The van der Waals surface area contributed by atoms with Crippen molar-refractivity contribution in [3.8, 4) is 0 Å². The smallest absolute Gasteiger partial charge is 0.255 e. The van der Waals surface area contributed by atoms with Crippen LogP contribution in [0, 0.1) is 0 Å². The van der Waals surface area contributed by atoms with E-state index in [0.717, 1.165) is 9.79 Å². The van der Waals surface area contributed by atoms with Crippen LogP contribution in [0.15, 0.2) is 64.4 Å². The maximum atomic E-state index is 12.3. The molecule has 2 rings (SSSR count). The Labute approximate surface area is 97.3 Å². The lowest BCUT2D eigenvalue weighted by atomic mass is 10.2. The summed E-state index contributed by atoms with van der Waals surface area (Å²) in [5.74, 6) is 0. The van der Waals surface area contributed by atoms with Gasteiger partial charge in [-0.3, -0.25) is 4.79 Å². The normalized spacial score (nSPS) is 10.1. The first-order chi connectivity index (χ1) is 7.75. The molecule has 0 bridgehead atoms. The zero-order valence-corrected chi connectivity index (χ0v) is 9.21. The van der Waals surface area contributed by atoms with E-state index < -0.39 is 6.04 Å². The van der Waals surface area contributed by atoms with Gasteiger partial charge in [0.15, 0.2) is 0 Å². The second-order valence-corrected chi connectivity index (χ2v) is 4.36. The number of halogens is 1. The minimum atomic E-state index is -1.39. The number of carbonyl (C=O) groups is 1. The predicted molar refractivity (Wildman–Crippen MR) is 62.4 cm³/mol. The summed E-state index contributed by atoms with van der Waals surface area (Å²) in [6, 6.07) is 14.9. The summed E-state index contributed by atoms with van der Waals surface area (Å²) < 4.78 is 12.3. The van der Waals surface area contributed by atoms with Crippen LogP contribution in [0.1, 0.15) is 10.4 Å². The first-order valence-corrected chi connectivity index (χ1v) is 5.60. The van der Waals surface area contributed by atoms with E-state index in [1.807, 2.05) is 30.3 Å². The minimum absolute atomic E-state index is 0.0948. The largest absolute Gasteiger partial charge is 0.332 e. The molecule has 0 saturated carbocycles.